The lowest BCUT2D eigenvalue weighted by atomic mass is 10.1. The second kappa shape index (κ2) is 3.14. The van der Waals surface area contributed by atoms with Gasteiger partial charge in [0.1, 0.15) is 0 Å². The minimum atomic E-state index is -0.722. The Morgan fingerprint density at radius 2 is 2.29 bits per heavy atom. The van der Waals surface area contributed by atoms with E-state index in [1.54, 1.807) is 6.07 Å². The van der Waals surface area contributed by atoms with Crippen LogP contribution in [0.25, 0.3) is 10.9 Å². The fourth-order valence-corrected chi connectivity index (χ4v) is 1.48. The highest BCUT2D eigenvalue weighted by molar-refractivity contribution is 6.06. The van der Waals surface area contributed by atoms with Crippen LogP contribution in [0.15, 0.2) is 24.4 Å². The number of aryl methyl sites for hydroxylation is 1. The number of aromatic amines is 1. The van der Waals surface area contributed by atoms with Crippen molar-refractivity contribution in [2.24, 2.45) is 0 Å². The summed E-state index contributed by atoms with van der Waals surface area (Å²) in [5.74, 6) is -0.722. The molecule has 1 heterocycles. The van der Waals surface area contributed by atoms with Gasteiger partial charge in [-0.15, -0.1) is 0 Å². The number of halogens is 1. The normalized spacial score (nSPS) is 10.4. The van der Waals surface area contributed by atoms with E-state index < -0.39 is 5.91 Å². The molecule has 0 aliphatic heterocycles. The first-order chi connectivity index (χ1) is 6.72. The lowest BCUT2D eigenvalue weighted by molar-refractivity contribution is 0.0861. The number of rotatable bonds is 1. The van der Waals surface area contributed by atoms with Crippen molar-refractivity contribution in [3.05, 3.63) is 35.5 Å². The van der Waals surface area contributed by atoms with Crippen LogP contribution in [0.2, 0.25) is 0 Å². The summed E-state index contributed by atoms with van der Waals surface area (Å²) in [7, 11) is 0. The van der Waals surface area contributed by atoms with Gasteiger partial charge in [0.25, 0.3) is 5.91 Å². The molecule has 0 aliphatic carbocycles. The highest BCUT2D eigenvalue weighted by atomic mass is 19.2. The number of fused-ring (bicyclic) bond motifs is 1. The van der Waals surface area contributed by atoms with Gasteiger partial charge < -0.3 is 4.98 Å². The van der Waals surface area contributed by atoms with Gasteiger partial charge in [-0.3, -0.25) is 4.79 Å². The Kier molecular flexibility index (Phi) is 1.96. The topological polar surface area (TPSA) is 44.9 Å². The van der Waals surface area contributed by atoms with E-state index >= 15 is 0 Å². The summed E-state index contributed by atoms with van der Waals surface area (Å²) < 4.78 is 11.9. The molecule has 0 saturated carbocycles. The summed E-state index contributed by atoms with van der Waals surface area (Å²) in [4.78, 5) is 14.0. The molecule has 0 unspecified atom stereocenters. The Hall–Kier alpha value is -1.84. The Balaban J connectivity index is 2.64. The van der Waals surface area contributed by atoms with Gasteiger partial charge in [-0.05, 0) is 18.6 Å². The van der Waals surface area contributed by atoms with Gasteiger partial charge in [-0.25, -0.2) is 0 Å². The molecule has 0 atom stereocenters. The molecule has 2 rings (SSSR count). The molecule has 2 aromatic rings. The number of carbonyl (C=O) groups excluding carboxylic acids is 1. The Labute approximate surface area is 79.9 Å². The van der Waals surface area contributed by atoms with E-state index in [-0.39, 0.29) is 0 Å². The van der Waals surface area contributed by atoms with Crippen molar-refractivity contribution in [2.45, 2.75) is 6.92 Å². The minimum absolute atomic E-state index is 0.322. The van der Waals surface area contributed by atoms with E-state index in [9.17, 15) is 9.28 Å². The SMILES string of the molecule is Cc1ccc2c(C(=O)NF)c[nH]c2c1. The van der Waals surface area contributed by atoms with Crippen molar-refractivity contribution in [1.82, 2.24) is 10.5 Å². The molecule has 2 N–H and O–H groups in total. The number of nitrogens with one attached hydrogen (secondary N) is 2. The number of aromatic nitrogens is 1. The van der Waals surface area contributed by atoms with Crippen LogP contribution in [0.1, 0.15) is 15.9 Å². The molecule has 1 amide bonds. The molecular formula is C10H9FN2O. The Bertz CT molecular complexity index is 490. The molecule has 14 heavy (non-hydrogen) atoms. The van der Waals surface area contributed by atoms with Crippen molar-refractivity contribution >= 4 is 16.8 Å². The van der Waals surface area contributed by atoms with Crippen molar-refractivity contribution in [3.8, 4) is 0 Å². The third-order valence-corrected chi connectivity index (χ3v) is 2.17. The Morgan fingerprint density at radius 3 is 3.00 bits per heavy atom. The molecule has 0 fully saturated rings. The first-order valence-corrected chi connectivity index (χ1v) is 4.21. The average Bonchev–Trinajstić information content (AvgIpc) is 2.59. The van der Waals surface area contributed by atoms with E-state index in [1.165, 1.54) is 6.20 Å². The van der Waals surface area contributed by atoms with E-state index in [0.29, 0.717) is 5.56 Å². The monoisotopic (exact) mass is 192 g/mol. The molecule has 3 nitrogen and oxygen atoms in total. The quantitative estimate of drug-likeness (QED) is 0.667. The van der Waals surface area contributed by atoms with Gasteiger partial charge in [0.15, 0.2) is 0 Å². The van der Waals surface area contributed by atoms with Crippen molar-refractivity contribution < 1.29 is 9.28 Å². The number of benzene rings is 1. The molecule has 0 spiro atoms. The third-order valence-electron chi connectivity index (χ3n) is 2.17. The van der Waals surface area contributed by atoms with Crippen LogP contribution in [-0.2, 0) is 0 Å². The number of amides is 1. The summed E-state index contributed by atoms with van der Waals surface area (Å²) in [6, 6.07) is 5.58. The van der Waals surface area contributed by atoms with Crippen molar-refractivity contribution in [1.29, 1.82) is 0 Å². The molecule has 72 valence electrons. The minimum Gasteiger partial charge on any atom is -0.360 e. The largest absolute Gasteiger partial charge is 0.360 e. The number of carbonyl (C=O) groups is 1. The van der Waals surface area contributed by atoms with Gasteiger partial charge >= 0.3 is 0 Å². The van der Waals surface area contributed by atoms with Crippen LogP contribution < -0.4 is 5.54 Å². The first-order valence-electron chi connectivity index (χ1n) is 4.21. The van der Waals surface area contributed by atoms with E-state index in [1.807, 2.05) is 19.1 Å². The van der Waals surface area contributed by atoms with Crippen LogP contribution >= 0.6 is 0 Å². The summed E-state index contributed by atoms with van der Waals surface area (Å²) in [5, 5.41) is 0.728. The van der Waals surface area contributed by atoms with Crippen LogP contribution in [0.5, 0.6) is 0 Å². The number of hydrogen-bond donors (Lipinski definition) is 2. The molecule has 1 aromatic carbocycles. The molecule has 4 heteroatoms. The Morgan fingerprint density at radius 1 is 1.50 bits per heavy atom. The lowest BCUT2D eigenvalue weighted by Crippen LogP contribution is -2.12. The van der Waals surface area contributed by atoms with Crippen molar-refractivity contribution in [2.75, 3.05) is 0 Å². The molecule has 0 bridgehead atoms. The molecule has 1 aromatic heterocycles. The fraction of sp³-hybridized carbons (Fsp3) is 0.100. The third kappa shape index (κ3) is 1.25. The smallest absolute Gasteiger partial charge is 0.281 e. The van der Waals surface area contributed by atoms with Gasteiger partial charge in [0.2, 0.25) is 0 Å². The average molecular weight is 192 g/mol. The summed E-state index contributed by atoms with van der Waals surface area (Å²) in [6.45, 7) is 1.95. The van der Waals surface area contributed by atoms with E-state index in [0.717, 1.165) is 22.0 Å². The second-order valence-electron chi connectivity index (χ2n) is 3.18. The maximum atomic E-state index is 11.9. The predicted molar refractivity (Wildman–Crippen MR) is 51.6 cm³/mol. The molecular weight excluding hydrogens is 183 g/mol. The zero-order valence-corrected chi connectivity index (χ0v) is 7.60. The standard InChI is InChI=1S/C10H9FN2O/c1-6-2-3-7-8(10(14)13-11)5-12-9(7)4-6/h2-5,12H,1H3,(H,13,14). The van der Waals surface area contributed by atoms with Gasteiger partial charge in [-0.1, -0.05) is 16.6 Å². The maximum absolute atomic E-state index is 11.9. The van der Waals surface area contributed by atoms with Crippen molar-refractivity contribution in [3.63, 3.8) is 0 Å². The molecule has 0 aliphatic rings. The molecule has 0 saturated heterocycles. The van der Waals surface area contributed by atoms with Gasteiger partial charge in [0.05, 0.1) is 5.56 Å². The second-order valence-corrected chi connectivity index (χ2v) is 3.18. The van der Waals surface area contributed by atoms with Gasteiger partial charge in [-0.2, -0.15) is 5.54 Å². The number of H-pyrrole nitrogens is 1. The zero-order valence-electron chi connectivity index (χ0n) is 7.60. The number of hydrogen-bond acceptors (Lipinski definition) is 1. The van der Waals surface area contributed by atoms with E-state index in [2.05, 4.69) is 4.98 Å². The van der Waals surface area contributed by atoms with Crippen LogP contribution in [0.4, 0.5) is 4.48 Å². The van der Waals surface area contributed by atoms with Crippen LogP contribution in [0, 0.1) is 6.92 Å². The highest BCUT2D eigenvalue weighted by Crippen LogP contribution is 2.19. The summed E-state index contributed by atoms with van der Waals surface area (Å²) in [5.41, 5.74) is 3.36. The van der Waals surface area contributed by atoms with Crippen LogP contribution in [-0.4, -0.2) is 10.9 Å². The van der Waals surface area contributed by atoms with Gasteiger partial charge in [0, 0.05) is 17.1 Å². The lowest BCUT2D eigenvalue weighted by Gasteiger charge is -1.95. The highest BCUT2D eigenvalue weighted by Gasteiger charge is 2.10. The molecule has 0 radical (unpaired) electrons. The summed E-state index contributed by atoms with van der Waals surface area (Å²) >= 11 is 0. The van der Waals surface area contributed by atoms with E-state index in [4.69, 9.17) is 0 Å². The predicted octanol–water partition coefficient (Wildman–Crippen LogP) is 2.09. The fourth-order valence-electron chi connectivity index (χ4n) is 1.48. The first kappa shape index (κ1) is 8.74. The maximum Gasteiger partial charge on any atom is 0.281 e. The summed E-state index contributed by atoms with van der Waals surface area (Å²) in [6.07, 6.45) is 1.50. The van der Waals surface area contributed by atoms with Crippen LogP contribution in [0.3, 0.4) is 0 Å². The zero-order chi connectivity index (χ0) is 10.1.